The minimum atomic E-state index is -1.11. The number of benzene rings is 2. The topological polar surface area (TPSA) is 26.7 Å². The minimum absolute atomic E-state index is 0.0234. The van der Waals surface area contributed by atoms with E-state index >= 15 is 0 Å². The lowest BCUT2D eigenvalue weighted by molar-refractivity contribution is 0.0487. The fourth-order valence-corrected chi connectivity index (χ4v) is 3.68. The standard InChI is InChI=1S/C21H25F3N2O/c1-15-4-2-3-5-16(15)12-26-10-9-25(13-17(26)8-11-27)14-18-19(22)6-7-20(23)21(18)24/h2-7,17,27H,8-14H2,1H3. The predicted molar refractivity (Wildman–Crippen MR) is 98.7 cm³/mol. The van der Waals surface area contributed by atoms with Crippen molar-refractivity contribution in [3.05, 3.63) is 70.5 Å². The molecular weight excluding hydrogens is 353 g/mol. The zero-order valence-electron chi connectivity index (χ0n) is 15.5. The zero-order chi connectivity index (χ0) is 19.4. The number of piperazine rings is 1. The Balaban J connectivity index is 1.71. The van der Waals surface area contributed by atoms with Crippen LogP contribution >= 0.6 is 0 Å². The Hall–Kier alpha value is -1.89. The van der Waals surface area contributed by atoms with Crippen LogP contribution in [-0.2, 0) is 13.1 Å². The van der Waals surface area contributed by atoms with Gasteiger partial charge < -0.3 is 5.11 Å². The third-order valence-corrected chi connectivity index (χ3v) is 5.31. The van der Waals surface area contributed by atoms with Crippen LogP contribution in [0.4, 0.5) is 13.2 Å². The normalized spacial score (nSPS) is 18.8. The maximum absolute atomic E-state index is 14.0. The van der Waals surface area contributed by atoms with Crippen LogP contribution in [0.2, 0.25) is 0 Å². The molecule has 6 heteroatoms. The van der Waals surface area contributed by atoms with Crippen LogP contribution in [0.1, 0.15) is 23.1 Å². The number of hydrogen-bond donors (Lipinski definition) is 1. The molecule has 0 aromatic heterocycles. The van der Waals surface area contributed by atoms with Gasteiger partial charge in [-0.2, -0.15) is 0 Å². The van der Waals surface area contributed by atoms with E-state index in [1.807, 2.05) is 17.0 Å². The first-order chi connectivity index (χ1) is 13.0. The lowest BCUT2D eigenvalue weighted by Crippen LogP contribution is -2.52. The quantitative estimate of drug-likeness (QED) is 0.780. The molecule has 0 aliphatic carbocycles. The van der Waals surface area contributed by atoms with Gasteiger partial charge in [0, 0.05) is 50.9 Å². The van der Waals surface area contributed by atoms with E-state index in [1.54, 1.807) is 0 Å². The van der Waals surface area contributed by atoms with Crippen molar-refractivity contribution >= 4 is 0 Å². The SMILES string of the molecule is Cc1ccccc1CN1CCN(Cc2c(F)ccc(F)c2F)CC1CCO. The number of nitrogens with zero attached hydrogens (tertiary/aromatic N) is 2. The number of aliphatic hydroxyl groups is 1. The Bertz CT molecular complexity index is 784. The van der Waals surface area contributed by atoms with Crippen molar-refractivity contribution in [3.63, 3.8) is 0 Å². The highest BCUT2D eigenvalue weighted by molar-refractivity contribution is 5.25. The van der Waals surface area contributed by atoms with Gasteiger partial charge >= 0.3 is 0 Å². The maximum Gasteiger partial charge on any atom is 0.166 e. The van der Waals surface area contributed by atoms with Crippen LogP contribution in [0.25, 0.3) is 0 Å². The van der Waals surface area contributed by atoms with Gasteiger partial charge in [-0.1, -0.05) is 24.3 Å². The molecule has 1 N–H and O–H groups in total. The highest BCUT2D eigenvalue weighted by atomic mass is 19.2. The molecule has 2 aromatic carbocycles. The molecule has 1 saturated heterocycles. The molecule has 1 aliphatic heterocycles. The summed E-state index contributed by atoms with van der Waals surface area (Å²) >= 11 is 0. The van der Waals surface area contributed by atoms with Crippen LogP contribution in [0.15, 0.2) is 36.4 Å². The Labute approximate surface area is 158 Å². The van der Waals surface area contributed by atoms with Gasteiger partial charge in [-0.15, -0.1) is 0 Å². The predicted octanol–water partition coefficient (Wildman–Crippen LogP) is 3.48. The van der Waals surface area contributed by atoms with Crippen LogP contribution in [0.3, 0.4) is 0 Å². The van der Waals surface area contributed by atoms with Gasteiger partial charge in [0.2, 0.25) is 0 Å². The minimum Gasteiger partial charge on any atom is -0.396 e. The van der Waals surface area contributed by atoms with E-state index in [0.717, 1.165) is 25.2 Å². The van der Waals surface area contributed by atoms with Gasteiger partial charge in [-0.25, -0.2) is 13.2 Å². The van der Waals surface area contributed by atoms with E-state index in [0.29, 0.717) is 19.5 Å². The van der Waals surface area contributed by atoms with Gasteiger partial charge in [0.05, 0.1) is 0 Å². The second-order valence-electron chi connectivity index (χ2n) is 7.12. The van der Waals surface area contributed by atoms with Crippen LogP contribution in [0.5, 0.6) is 0 Å². The lowest BCUT2D eigenvalue weighted by atomic mass is 10.0. The number of hydrogen-bond acceptors (Lipinski definition) is 3. The summed E-state index contributed by atoms with van der Waals surface area (Å²) in [6, 6.07) is 10.0. The second-order valence-corrected chi connectivity index (χ2v) is 7.12. The third-order valence-electron chi connectivity index (χ3n) is 5.31. The van der Waals surface area contributed by atoms with E-state index < -0.39 is 17.5 Å². The van der Waals surface area contributed by atoms with Crippen molar-refractivity contribution in [2.45, 2.75) is 32.5 Å². The number of aliphatic hydroxyl groups excluding tert-OH is 1. The van der Waals surface area contributed by atoms with Gasteiger partial charge in [0.1, 0.15) is 5.82 Å². The van der Waals surface area contributed by atoms with Gasteiger partial charge in [0.25, 0.3) is 0 Å². The molecule has 3 nitrogen and oxygen atoms in total. The molecule has 0 bridgehead atoms. The molecule has 1 unspecified atom stereocenters. The summed E-state index contributed by atoms with van der Waals surface area (Å²) in [5.74, 6) is -2.87. The van der Waals surface area contributed by atoms with Crippen molar-refractivity contribution in [2.75, 3.05) is 26.2 Å². The van der Waals surface area contributed by atoms with Crippen LogP contribution in [-0.4, -0.2) is 47.2 Å². The molecule has 1 fully saturated rings. The number of aryl methyl sites for hydroxylation is 1. The Morgan fingerprint density at radius 1 is 1.00 bits per heavy atom. The van der Waals surface area contributed by atoms with Gasteiger partial charge in [0.15, 0.2) is 11.6 Å². The summed E-state index contributed by atoms with van der Waals surface area (Å²) in [6.07, 6.45) is 0.580. The summed E-state index contributed by atoms with van der Waals surface area (Å²) in [5, 5.41) is 9.44. The average molecular weight is 378 g/mol. The highest BCUT2D eigenvalue weighted by Crippen LogP contribution is 2.22. The van der Waals surface area contributed by atoms with Crippen molar-refractivity contribution in [3.8, 4) is 0 Å². The van der Waals surface area contributed by atoms with Gasteiger partial charge in [-0.05, 0) is 36.6 Å². The Kier molecular flexibility index (Phi) is 6.52. The molecule has 27 heavy (non-hydrogen) atoms. The molecule has 3 rings (SSSR count). The number of rotatable bonds is 6. The zero-order valence-corrected chi connectivity index (χ0v) is 15.5. The molecular formula is C21H25F3N2O. The Morgan fingerprint density at radius 3 is 2.48 bits per heavy atom. The monoisotopic (exact) mass is 378 g/mol. The van der Waals surface area contributed by atoms with Crippen molar-refractivity contribution in [1.29, 1.82) is 0 Å². The molecule has 0 amide bonds. The molecule has 0 saturated carbocycles. The molecule has 1 heterocycles. The molecule has 146 valence electrons. The van der Waals surface area contributed by atoms with Crippen molar-refractivity contribution < 1.29 is 18.3 Å². The summed E-state index contributed by atoms with van der Waals surface area (Å²) in [5.41, 5.74) is 2.22. The van der Waals surface area contributed by atoms with E-state index in [4.69, 9.17) is 0 Å². The fourth-order valence-electron chi connectivity index (χ4n) is 3.68. The third kappa shape index (κ3) is 4.69. The fraction of sp³-hybridized carbons (Fsp3) is 0.429. The van der Waals surface area contributed by atoms with E-state index in [1.165, 1.54) is 11.1 Å². The summed E-state index contributed by atoms with van der Waals surface area (Å²) < 4.78 is 41.4. The largest absolute Gasteiger partial charge is 0.396 e. The average Bonchev–Trinajstić information content (AvgIpc) is 2.66. The second kappa shape index (κ2) is 8.87. The first-order valence-corrected chi connectivity index (χ1v) is 9.23. The summed E-state index contributed by atoms with van der Waals surface area (Å²) in [4.78, 5) is 4.23. The van der Waals surface area contributed by atoms with E-state index in [9.17, 15) is 18.3 Å². The molecule has 0 spiro atoms. The summed E-state index contributed by atoms with van der Waals surface area (Å²) in [6.45, 7) is 4.83. The molecule has 1 aliphatic rings. The Morgan fingerprint density at radius 2 is 1.74 bits per heavy atom. The number of halogens is 3. The van der Waals surface area contributed by atoms with E-state index in [2.05, 4.69) is 24.0 Å². The molecule has 1 atom stereocenters. The highest BCUT2D eigenvalue weighted by Gasteiger charge is 2.28. The first kappa shape index (κ1) is 19.9. The summed E-state index contributed by atoms with van der Waals surface area (Å²) in [7, 11) is 0. The van der Waals surface area contributed by atoms with Crippen LogP contribution < -0.4 is 0 Å². The first-order valence-electron chi connectivity index (χ1n) is 9.23. The van der Waals surface area contributed by atoms with Crippen molar-refractivity contribution in [2.24, 2.45) is 0 Å². The van der Waals surface area contributed by atoms with Crippen molar-refractivity contribution in [1.82, 2.24) is 9.80 Å². The maximum atomic E-state index is 14.0. The molecule has 0 radical (unpaired) electrons. The lowest BCUT2D eigenvalue weighted by Gasteiger charge is -2.41. The molecule has 2 aromatic rings. The van der Waals surface area contributed by atoms with Gasteiger partial charge in [-0.3, -0.25) is 9.80 Å². The van der Waals surface area contributed by atoms with E-state index in [-0.39, 0.29) is 24.8 Å². The smallest absolute Gasteiger partial charge is 0.166 e. The van der Waals surface area contributed by atoms with Crippen LogP contribution in [0, 0.1) is 24.4 Å².